The second kappa shape index (κ2) is 6.57. The third kappa shape index (κ3) is 3.08. The van der Waals surface area contributed by atoms with Gasteiger partial charge in [-0.25, -0.2) is 4.98 Å². The standard InChI is InChI=1S/C19H17N3O2S/c1-24-16-10-12(6-8-15(16)23)11-20-22-19-21-18-14-5-3-2-4-13(14)7-9-17(18)25-19/h2-6,8,10-11,23H,7,9H2,1H3,(H,21,22)/b20-11-. The summed E-state index contributed by atoms with van der Waals surface area (Å²) in [6.07, 6.45) is 3.75. The molecule has 0 aliphatic heterocycles. The van der Waals surface area contributed by atoms with Crippen molar-refractivity contribution in [1.29, 1.82) is 0 Å². The van der Waals surface area contributed by atoms with E-state index in [0.717, 1.165) is 29.2 Å². The quantitative estimate of drug-likeness (QED) is 0.549. The van der Waals surface area contributed by atoms with Crippen LogP contribution in [0.5, 0.6) is 11.5 Å². The summed E-state index contributed by atoms with van der Waals surface area (Å²) in [7, 11) is 1.52. The molecule has 0 saturated heterocycles. The van der Waals surface area contributed by atoms with Gasteiger partial charge in [-0.15, -0.1) is 0 Å². The Labute approximate surface area is 149 Å². The maximum atomic E-state index is 9.62. The van der Waals surface area contributed by atoms with Crippen molar-refractivity contribution in [1.82, 2.24) is 4.98 Å². The van der Waals surface area contributed by atoms with E-state index in [4.69, 9.17) is 9.72 Å². The summed E-state index contributed by atoms with van der Waals surface area (Å²) in [4.78, 5) is 5.99. The zero-order valence-corrected chi connectivity index (χ0v) is 14.5. The number of anilines is 1. The van der Waals surface area contributed by atoms with Gasteiger partial charge in [0.25, 0.3) is 0 Å². The van der Waals surface area contributed by atoms with E-state index in [1.165, 1.54) is 23.1 Å². The molecule has 126 valence electrons. The van der Waals surface area contributed by atoms with Gasteiger partial charge in [-0.05, 0) is 42.2 Å². The number of benzene rings is 2. The number of methoxy groups -OCH3 is 1. The number of rotatable bonds is 4. The Hall–Kier alpha value is -2.86. The molecule has 2 N–H and O–H groups in total. The Morgan fingerprint density at radius 2 is 2.12 bits per heavy atom. The Bertz CT molecular complexity index is 950. The number of thiazole rings is 1. The van der Waals surface area contributed by atoms with E-state index in [2.05, 4.69) is 34.8 Å². The van der Waals surface area contributed by atoms with E-state index in [1.807, 2.05) is 0 Å². The highest BCUT2D eigenvalue weighted by Gasteiger charge is 2.20. The molecule has 0 spiro atoms. The minimum absolute atomic E-state index is 0.110. The Balaban J connectivity index is 1.53. The predicted octanol–water partition coefficient (Wildman–Crippen LogP) is 4.07. The molecule has 0 fully saturated rings. The highest BCUT2D eigenvalue weighted by Crippen LogP contribution is 2.37. The number of fused-ring (bicyclic) bond motifs is 3. The van der Waals surface area contributed by atoms with Gasteiger partial charge < -0.3 is 9.84 Å². The van der Waals surface area contributed by atoms with Crippen LogP contribution >= 0.6 is 11.3 Å². The van der Waals surface area contributed by atoms with Crippen molar-refractivity contribution < 1.29 is 9.84 Å². The van der Waals surface area contributed by atoms with Gasteiger partial charge in [0.15, 0.2) is 11.5 Å². The predicted molar refractivity (Wildman–Crippen MR) is 101 cm³/mol. The molecule has 5 nitrogen and oxygen atoms in total. The van der Waals surface area contributed by atoms with Crippen LogP contribution in [0.15, 0.2) is 47.6 Å². The second-order valence-corrected chi connectivity index (χ2v) is 6.83. The van der Waals surface area contributed by atoms with Gasteiger partial charge in [0.05, 0.1) is 19.0 Å². The van der Waals surface area contributed by atoms with Crippen LogP contribution in [0.1, 0.15) is 16.0 Å². The maximum Gasteiger partial charge on any atom is 0.204 e. The lowest BCUT2D eigenvalue weighted by Crippen LogP contribution is -2.01. The van der Waals surface area contributed by atoms with Crippen molar-refractivity contribution in [2.45, 2.75) is 12.8 Å². The molecule has 1 aliphatic rings. The fraction of sp³-hybridized carbons (Fsp3) is 0.158. The van der Waals surface area contributed by atoms with Crippen molar-refractivity contribution in [3.05, 3.63) is 58.5 Å². The second-order valence-electron chi connectivity index (χ2n) is 5.75. The summed E-state index contributed by atoms with van der Waals surface area (Å²) in [6, 6.07) is 13.5. The van der Waals surface area contributed by atoms with E-state index < -0.39 is 0 Å². The van der Waals surface area contributed by atoms with E-state index >= 15 is 0 Å². The van der Waals surface area contributed by atoms with E-state index in [-0.39, 0.29) is 5.75 Å². The summed E-state index contributed by atoms with van der Waals surface area (Å²) >= 11 is 1.64. The zero-order valence-electron chi connectivity index (χ0n) is 13.7. The van der Waals surface area contributed by atoms with Crippen molar-refractivity contribution in [3.63, 3.8) is 0 Å². The minimum Gasteiger partial charge on any atom is -0.504 e. The van der Waals surface area contributed by atoms with Crippen LogP contribution < -0.4 is 10.2 Å². The first-order valence-corrected chi connectivity index (χ1v) is 8.80. The highest BCUT2D eigenvalue weighted by molar-refractivity contribution is 7.16. The fourth-order valence-corrected chi connectivity index (χ4v) is 3.86. The molecule has 0 bridgehead atoms. The van der Waals surface area contributed by atoms with E-state index in [9.17, 15) is 5.11 Å². The van der Waals surface area contributed by atoms with Gasteiger partial charge in [-0.2, -0.15) is 5.10 Å². The van der Waals surface area contributed by atoms with Crippen molar-refractivity contribution in [3.8, 4) is 22.8 Å². The number of nitrogens with zero attached hydrogens (tertiary/aromatic N) is 2. The van der Waals surface area contributed by atoms with Gasteiger partial charge in [-0.1, -0.05) is 35.6 Å². The molecular formula is C19H17N3O2S. The lowest BCUT2D eigenvalue weighted by atomic mass is 9.94. The smallest absolute Gasteiger partial charge is 0.204 e. The molecule has 0 saturated carbocycles. The van der Waals surface area contributed by atoms with Gasteiger partial charge in [0, 0.05) is 10.4 Å². The van der Waals surface area contributed by atoms with Crippen LogP contribution in [-0.4, -0.2) is 23.4 Å². The molecule has 0 amide bonds. The summed E-state index contributed by atoms with van der Waals surface area (Å²) in [5.41, 5.74) is 7.48. The highest BCUT2D eigenvalue weighted by atomic mass is 32.1. The number of hydrogen-bond acceptors (Lipinski definition) is 6. The number of aromatic nitrogens is 1. The topological polar surface area (TPSA) is 66.7 Å². The van der Waals surface area contributed by atoms with Crippen LogP contribution in [-0.2, 0) is 12.8 Å². The summed E-state index contributed by atoms with van der Waals surface area (Å²) in [5.74, 6) is 0.532. The van der Waals surface area contributed by atoms with Crippen molar-refractivity contribution in [2.75, 3.05) is 12.5 Å². The number of aromatic hydroxyl groups is 1. The van der Waals surface area contributed by atoms with Crippen LogP contribution in [0.2, 0.25) is 0 Å². The van der Waals surface area contributed by atoms with Crippen LogP contribution in [0.3, 0.4) is 0 Å². The number of aryl methyl sites for hydroxylation is 2. The molecule has 1 aromatic heterocycles. The lowest BCUT2D eigenvalue weighted by Gasteiger charge is -2.13. The lowest BCUT2D eigenvalue weighted by molar-refractivity contribution is 0.373. The molecule has 2 aromatic carbocycles. The number of phenols is 1. The third-order valence-electron chi connectivity index (χ3n) is 4.17. The molecule has 1 aliphatic carbocycles. The number of ether oxygens (including phenoxy) is 1. The first-order chi connectivity index (χ1) is 12.2. The fourth-order valence-electron chi connectivity index (χ4n) is 2.93. The van der Waals surface area contributed by atoms with Gasteiger partial charge in [0.2, 0.25) is 5.13 Å². The average Bonchev–Trinajstić information content (AvgIpc) is 3.06. The van der Waals surface area contributed by atoms with E-state index in [0.29, 0.717) is 5.75 Å². The molecule has 0 atom stereocenters. The molecule has 4 rings (SSSR count). The van der Waals surface area contributed by atoms with Crippen LogP contribution in [0, 0.1) is 0 Å². The van der Waals surface area contributed by atoms with Gasteiger partial charge in [0.1, 0.15) is 0 Å². The molecule has 1 heterocycles. The summed E-state index contributed by atoms with van der Waals surface area (Å²) < 4.78 is 5.10. The molecule has 0 unspecified atom stereocenters. The molecule has 0 radical (unpaired) electrons. The summed E-state index contributed by atoms with van der Waals surface area (Å²) in [5, 5.41) is 14.7. The molecule has 25 heavy (non-hydrogen) atoms. The molecule has 6 heteroatoms. The van der Waals surface area contributed by atoms with Crippen molar-refractivity contribution in [2.24, 2.45) is 5.10 Å². The number of phenolic OH excluding ortho intramolecular Hbond substituents is 1. The molecular weight excluding hydrogens is 334 g/mol. The molecule has 3 aromatic rings. The van der Waals surface area contributed by atoms with Gasteiger partial charge >= 0.3 is 0 Å². The van der Waals surface area contributed by atoms with Crippen LogP contribution in [0.4, 0.5) is 5.13 Å². The first kappa shape index (κ1) is 15.7. The largest absolute Gasteiger partial charge is 0.504 e. The zero-order chi connectivity index (χ0) is 17.2. The normalized spacial score (nSPS) is 12.7. The van der Waals surface area contributed by atoms with Crippen molar-refractivity contribution >= 4 is 22.7 Å². The maximum absolute atomic E-state index is 9.62. The number of nitrogens with one attached hydrogen (secondary N) is 1. The SMILES string of the molecule is COc1cc(/C=N\Nc2nc3c(s2)CCc2ccccc2-3)ccc1O. The number of hydrogen-bond donors (Lipinski definition) is 2. The average molecular weight is 351 g/mol. The Kier molecular flexibility index (Phi) is 4.11. The first-order valence-electron chi connectivity index (χ1n) is 7.98. The van der Waals surface area contributed by atoms with E-state index in [1.54, 1.807) is 35.8 Å². The monoisotopic (exact) mass is 351 g/mol. The summed E-state index contributed by atoms with van der Waals surface area (Å²) in [6.45, 7) is 0. The van der Waals surface area contributed by atoms with Gasteiger partial charge in [-0.3, -0.25) is 5.43 Å². The third-order valence-corrected chi connectivity index (χ3v) is 5.19. The van der Waals surface area contributed by atoms with Crippen LogP contribution in [0.25, 0.3) is 11.3 Å². The Morgan fingerprint density at radius 1 is 1.24 bits per heavy atom. The minimum atomic E-state index is 0.110. The Morgan fingerprint density at radius 3 is 3.00 bits per heavy atom. The number of hydrazone groups is 1.